The topological polar surface area (TPSA) is 74.8 Å². The summed E-state index contributed by atoms with van der Waals surface area (Å²) < 4.78 is 52.3. The first-order valence-corrected chi connectivity index (χ1v) is 7.40. The zero-order chi connectivity index (χ0) is 14.6. The predicted molar refractivity (Wildman–Crippen MR) is 68.5 cm³/mol. The van der Waals surface area contributed by atoms with E-state index in [1.165, 1.54) is 0 Å². The van der Waals surface area contributed by atoms with E-state index in [4.69, 9.17) is 0 Å². The Morgan fingerprint density at radius 1 is 1.30 bits per heavy atom. The Morgan fingerprint density at radius 3 is 2.80 bits per heavy atom. The van der Waals surface area contributed by atoms with Crippen LogP contribution in [0.25, 0.3) is 0 Å². The second-order valence-electron chi connectivity index (χ2n) is 4.11. The molecule has 0 aliphatic carbocycles. The Morgan fingerprint density at radius 2 is 2.10 bits per heavy atom. The fraction of sp³-hybridized carbons (Fsp3) is 0.250. The minimum absolute atomic E-state index is 0.110. The summed E-state index contributed by atoms with van der Waals surface area (Å²) in [4.78, 5) is 6.19. The number of nitrogens with one attached hydrogen (secondary N) is 2. The molecule has 1 aromatic carbocycles. The molecule has 0 bridgehead atoms. The number of nitrogens with zero attached hydrogens (tertiary/aromatic N) is 1. The van der Waals surface area contributed by atoms with E-state index in [9.17, 15) is 17.2 Å². The molecule has 0 radical (unpaired) electrons. The van der Waals surface area contributed by atoms with Crippen LogP contribution < -0.4 is 4.72 Å². The Labute approximate surface area is 115 Å². The molecule has 108 valence electrons. The summed E-state index contributed by atoms with van der Waals surface area (Å²) in [6, 6.07) is 2.31. The van der Waals surface area contributed by atoms with Gasteiger partial charge >= 0.3 is 0 Å². The van der Waals surface area contributed by atoms with Crippen LogP contribution in [0.3, 0.4) is 0 Å². The number of hydrogen-bond donors (Lipinski definition) is 2. The molecule has 0 aliphatic heterocycles. The second kappa shape index (κ2) is 6.10. The standard InChI is InChI=1S/C12H13F2N3O2S/c13-9-3-4-10(14)11(8-9)20(18,19)17-5-1-2-12-15-6-7-16-12/h3-4,6-8,17H,1-2,5H2,(H,15,16). The largest absolute Gasteiger partial charge is 0.349 e. The van der Waals surface area contributed by atoms with E-state index in [0.717, 1.165) is 18.0 Å². The maximum atomic E-state index is 13.4. The van der Waals surface area contributed by atoms with E-state index >= 15 is 0 Å². The van der Waals surface area contributed by atoms with E-state index in [2.05, 4.69) is 14.7 Å². The average molecular weight is 301 g/mol. The van der Waals surface area contributed by atoms with Gasteiger partial charge in [-0.15, -0.1) is 0 Å². The normalized spacial score (nSPS) is 11.7. The van der Waals surface area contributed by atoms with E-state index in [-0.39, 0.29) is 6.54 Å². The molecule has 2 N–H and O–H groups in total. The van der Waals surface area contributed by atoms with Gasteiger partial charge in [0.25, 0.3) is 0 Å². The van der Waals surface area contributed by atoms with Gasteiger partial charge in [-0.1, -0.05) is 0 Å². The number of aromatic amines is 1. The van der Waals surface area contributed by atoms with Gasteiger partial charge in [-0.3, -0.25) is 0 Å². The van der Waals surface area contributed by atoms with Crippen molar-refractivity contribution >= 4 is 10.0 Å². The van der Waals surface area contributed by atoms with E-state index in [1.807, 2.05) is 0 Å². The van der Waals surface area contributed by atoms with Gasteiger partial charge in [-0.05, 0) is 24.6 Å². The summed E-state index contributed by atoms with van der Waals surface area (Å²) in [6.07, 6.45) is 4.31. The summed E-state index contributed by atoms with van der Waals surface area (Å²) in [6.45, 7) is 0.110. The number of H-pyrrole nitrogens is 1. The highest BCUT2D eigenvalue weighted by Crippen LogP contribution is 2.15. The number of sulfonamides is 1. The van der Waals surface area contributed by atoms with Gasteiger partial charge in [-0.25, -0.2) is 26.9 Å². The zero-order valence-electron chi connectivity index (χ0n) is 10.4. The number of halogens is 2. The molecule has 0 unspecified atom stereocenters. The predicted octanol–water partition coefficient (Wildman–Crippen LogP) is 1.60. The first-order chi connectivity index (χ1) is 9.49. The first-order valence-electron chi connectivity index (χ1n) is 5.92. The van der Waals surface area contributed by atoms with Gasteiger partial charge in [0, 0.05) is 25.4 Å². The average Bonchev–Trinajstić information content (AvgIpc) is 2.90. The number of hydrogen-bond acceptors (Lipinski definition) is 3. The lowest BCUT2D eigenvalue weighted by molar-refractivity contribution is 0.544. The van der Waals surface area contributed by atoms with Crippen molar-refractivity contribution in [1.29, 1.82) is 0 Å². The molecule has 0 spiro atoms. The Bertz CT molecular complexity index is 672. The molecule has 2 rings (SSSR count). The molecule has 0 aliphatic rings. The maximum Gasteiger partial charge on any atom is 0.243 e. The Balaban J connectivity index is 1.95. The smallest absolute Gasteiger partial charge is 0.243 e. The molecule has 0 saturated carbocycles. The SMILES string of the molecule is O=S(=O)(NCCCc1ncc[nH]1)c1cc(F)ccc1F. The molecule has 5 nitrogen and oxygen atoms in total. The van der Waals surface area contributed by atoms with Crippen LogP contribution >= 0.6 is 0 Å². The number of aryl methyl sites for hydroxylation is 1. The van der Waals surface area contributed by atoms with Crippen molar-refractivity contribution in [3.05, 3.63) is 48.1 Å². The van der Waals surface area contributed by atoms with Gasteiger partial charge in [0.05, 0.1) is 0 Å². The lowest BCUT2D eigenvalue weighted by Gasteiger charge is -2.07. The summed E-state index contributed by atoms with van der Waals surface area (Å²) in [5.41, 5.74) is 0. The Kier molecular flexibility index (Phi) is 4.46. The van der Waals surface area contributed by atoms with Crippen LogP contribution in [0, 0.1) is 11.6 Å². The maximum absolute atomic E-state index is 13.4. The van der Waals surface area contributed by atoms with Crippen LogP contribution in [-0.4, -0.2) is 24.9 Å². The van der Waals surface area contributed by atoms with Crippen LogP contribution in [0.2, 0.25) is 0 Å². The fourth-order valence-corrected chi connectivity index (χ4v) is 2.82. The van der Waals surface area contributed by atoms with E-state index in [1.54, 1.807) is 12.4 Å². The van der Waals surface area contributed by atoms with Crippen molar-refractivity contribution in [3.63, 3.8) is 0 Å². The van der Waals surface area contributed by atoms with Crippen LogP contribution in [0.1, 0.15) is 12.2 Å². The van der Waals surface area contributed by atoms with Gasteiger partial charge in [0.1, 0.15) is 22.4 Å². The molecule has 20 heavy (non-hydrogen) atoms. The molecular weight excluding hydrogens is 288 g/mol. The van der Waals surface area contributed by atoms with Gasteiger partial charge in [0.2, 0.25) is 10.0 Å². The second-order valence-corrected chi connectivity index (χ2v) is 5.85. The molecular formula is C12H13F2N3O2S. The lowest BCUT2D eigenvalue weighted by atomic mass is 10.3. The Hall–Kier alpha value is -1.80. The van der Waals surface area contributed by atoms with Gasteiger partial charge in [-0.2, -0.15) is 0 Å². The summed E-state index contributed by atoms with van der Waals surface area (Å²) >= 11 is 0. The molecule has 0 atom stereocenters. The zero-order valence-corrected chi connectivity index (χ0v) is 11.3. The molecule has 2 aromatic rings. The van der Waals surface area contributed by atoms with Gasteiger partial charge in [0.15, 0.2) is 0 Å². The first kappa shape index (κ1) is 14.6. The molecule has 1 heterocycles. The molecule has 1 aromatic heterocycles. The number of imidazole rings is 1. The third-order valence-electron chi connectivity index (χ3n) is 2.62. The lowest BCUT2D eigenvalue weighted by Crippen LogP contribution is -2.26. The van der Waals surface area contributed by atoms with Crippen molar-refractivity contribution in [1.82, 2.24) is 14.7 Å². The minimum atomic E-state index is -4.05. The van der Waals surface area contributed by atoms with Crippen molar-refractivity contribution < 1.29 is 17.2 Å². The number of rotatable bonds is 6. The van der Waals surface area contributed by atoms with Crippen LogP contribution in [0.15, 0.2) is 35.5 Å². The summed E-state index contributed by atoms with van der Waals surface area (Å²) in [5, 5.41) is 0. The highest BCUT2D eigenvalue weighted by Gasteiger charge is 2.19. The van der Waals surface area contributed by atoms with Gasteiger partial charge < -0.3 is 4.98 Å². The van der Waals surface area contributed by atoms with E-state index < -0.39 is 26.6 Å². The molecule has 0 saturated heterocycles. The van der Waals surface area contributed by atoms with Crippen molar-refractivity contribution in [2.45, 2.75) is 17.7 Å². The van der Waals surface area contributed by atoms with Crippen molar-refractivity contribution in [3.8, 4) is 0 Å². The molecule has 0 amide bonds. The molecule has 0 fully saturated rings. The fourth-order valence-electron chi connectivity index (χ4n) is 1.66. The number of benzene rings is 1. The highest BCUT2D eigenvalue weighted by molar-refractivity contribution is 7.89. The summed E-state index contributed by atoms with van der Waals surface area (Å²) in [7, 11) is -4.05. The van der Waals surface area contributed by atoms with E-state index in [0.29, 0.717) is 18.9 Å². The van der Waals surface area contributed by atoms with Crippen LogP contribution in [-0.2, 0) is 16.4 Å². The third-order valence-corrected chi connectivity index (χ3v) is 4.10. The molecule has 8 heteroatoms. The summed E-state index contributed by atoms with van der Waals surface area (Å²) in [5.74, 6) is -1.05. The number of aromatic nitrogens is 2. The third kappa shape index (κ3) is 3.61. The highest BCUT2D eigenvalue weighted by atomic mass is 32.2. The van der Waals surface area contributed by atoms with Crippen molar-refractivity contribution in [2.75, 3.05) is 6.54 Å². The van der Waals surface area contributed by atoms with Crippen molar-refractivity contribution in [2.24, 2.45) is 0 Å². The minimum Gasteiger partial charge on any atom is -0.349 e. The monoisotopic (exact) mass is 301 g/mol. The van der Waals surface area contributed by atoms with Crippen LogP contribution in [0.5, 0.6) is 0 Å². The quantitative estimate of drug-likeness (QED) is 0.796. The van der Waals surface area contributed by atoms with Crippen LogP contribution in [0.4, 0.5) is 8.78 Å².